The van der Waals surface area contributed by atoms with Crippen molar-refractivity contribution in [3.8, 4) is 0 Å². The molecule has 2 heterocycles. The maximum Gasteiger partial charge on any atom is 0.237 e. The van der Waals surface area contributed by atoms with Crippen LogP contribution in [0, 0.1) is 0 Å². The molecule has 4 nitrogen and oxygen atoms in total. The molecule has 14 heavy (non-hydrogen) atoms. The van der Waals surface area contributed by atoms with Gasteiger partial charge in [-0.15, -0.1) is 0 Å². The second-order valence-electron chi connectivity index (χ2n) is 4.20. The standard InChI is InChI=1S/C10H19N3O/c14-10-9(3-1-2-5-12-10)13-8-4-6-11-7-8/h8-9,11,13H,1-7H2,(H,12,14). The monoisotopic (exact) mass is 197 g/mol. The number of nitrogens with one attached hydrogen (secondary N) is 3. The molecule has 0 spiro atoms. The summed E-state index contributed by atoms with van der Waals surface area (Å²) in [5, 5.41) is 9.68. The first-order valence-corrected chi connectivity index (χ1v) is 5.61. The Balaban J connectivity index is 1.84. The predicted molar refractivity (Wildman–Crippen MR) is 55.1 cm³/mol. The highest BCUT2D eigenvalue weighted by Gasteiger charge is 2.24. The lowest BCUT2D eigenvalue weighted by Crippen LogP contribution is -2.47. The van der Waals surface area contributed by atoms with Gasteiger partial charge in [0.05, 0.1) is 6.04 Å². The van der Waals surface area contributed by atoms with Crippen LogP contribution in [0.15, 0.2) is 0 Å². The van der Waals surface area contributed by atoms with Gasteiger partial charge in [0.15, 0.2) is 0 Å². The molecule has 4 heteroatoms. The van der Waals surface area contributed by atoms with Crippen LogP contribution in [0.4, 0.5) is 0 Å². The maximum atomic E-state index is 11.6. The number of hydrogen-bond donors (Lipinski definition) is 3. The van der Waals surface area contributed by atoms with Crippen LogP contribution < -0.4 is 16.0 Å². The zero-order valence-electron chi connectivity index (χ0n) is 8.51. The third-order valence-corrected chi connectivity index (χ3v) is 3.03. The molecule has 0 saturated carbocycles. The van der Waals surface area contributed by atoms with Crippen LogP contribution in [0.25, 0.3) is 0 Å². The van der Waals surface area contributed by atoms with E-state index in [9.17, 15) is 4.79 Å². The highest BCUT2D eigenvalue weighted by atomic mass is 16.2. The van der Waals surface area contributed by atoms with Crippen molar-refractivity contribution in [1.82, 2.24) is 16.0 Å². The molecule has 0 aliphatic carbocycles. The van der Waals surface area contributed by atoms with E-state index in [1.54, 1.807) is 0 Å². The summed E-state index contributed by atoms with van der Waals surface area (Å²) >= 11 is 0. The first-order valence-electron chi connectivity index (χ1n) is 5.61. The van der Waals surface area contributed by atoms with Crippen molar-refractivity contribution >= 4 is 5.91 Å². The number of carbonyl (C=O) groups excluding carboxylic acids is 1. The van der Waals surface area contributed by atoms with Gasteiger partial charge >= 0.3 is 0 Å². The molecule has 2 fully saturated rings. The predicted octanol–water partition coefficient (Wildman–Crippen LogP) is -0.393. The molecule has 0 aromatic carbocycles. The van der Waals surface area contributed by atoms with Gasteiger partial charge in [0.1, 0.15) is 0 Å². The van der Waals surface area contributed by atoms with E-state index in [0.29, 0.717) is 6.04 Å². The van der Waals surface area contributed by atoms with Crippen LogP contribution in [-0.4, -0.2) is 37.6 Å². The minimum absolute atomic E-state index is 0.0439. The fourth-order valence-electron chi connectivity index (χ4n) is 2.18. The van der Waals surface area contributed by atoms with Crippen LogP contribution in [0.5, 0.6) is 0 Å². The van der Waals surface area contributed by atoms with Crippen molar-refractivity contribution in [2.24, 2.45) is 0 Å². The van der Waals surface area contributed by atoms with Gasteiger partial charge in [0.25, 0.3) is 0 Å². The molecule has 3 N–H and O–H groups in total. The normalized spacial score (nSPS) is 33.9. The van der Waals surface area contributed by atoms with E-state index in [2.05, 4.69) is 16.0 Å². The molecular formula is C10H19N3O. The summed E-state index contributed by atoms with van der Waals surface area (Å²) in [5.74, 6) is 0.189. The van der Waals surface area contributed by atoms with Crippen LogP contribution in [0.1, 0.15) is 25.7 Å². The first-order chi connectivity index (χ1) is 6.86. The molecule has 0 radical (unpaired) electrons. The van der Waals surface area contributed by atoms with Crippen molar-refractivity contribution in [1.29, 1.82) is 0 Å². The van der Waals surface area contributed by atoms with E-state index < -0.39 is 0 Å². The summed E-state index contributed by atoms with van der Waals surface area (Å²) in [4.78, 5) is 11.6. The Labute approximate surface area is 84.8 Å². The molecule has 2 atom stereocenters. The lowest BCUT2D eigenvalue weighted by atomic mass is 10.1. The molecule has 2 aliphatic heterocycles. The zero-order valence-corrected chi connectivity index (χ0v) is 8.51. The largest absolute Gasteiger partial charge is 0.355 e. The first kappa shape index (κ1) is 9.93. The maximum absolute atomic E-state index is 11.6. The number of amides is 1. The summed E-state index contributed by atoms with van der Waals surface area (Å²) in [6.45, 7) is 2.93. The Morgan fingerprint density at radius 3 is 2.93 bits per heavy atom. The van der Waals surface area contributed by atoms with E-state index in [-0.39, 0.29) is 11.9 Å². The van der Waals surface area contributed by atoms with Gasteiger partial charge in [-0.25, -0.2) is 0 Å². The lowest BCUT2D eigenvalue weighted by molar-refractivity contribution is -0.123. The third kappa shape index (κ3) is 2.45. The van der Waals surface area contributed by atoms with E-state index in [0.717, 1.165) is 45.3 Å². The van der Waals surface area contributed by atoms with Gasteiger partial charge in [-0.1, -0.05) is 0 Å². The minimum atomic E-state index is 0.0439. The van der Waals surface area contributed by atoms with Crippen LogP contribution in [0.2, 0.25) is 0 Å². The molecule has 2 aliphatic rings. The van der Waals surface area contributed by atoms with E-state index in [1.165, 1.54) is 0 Å². The number of rotatable bonds is 2. The SMILES string of the molecule is O=C1NCCCCC1NC1CCNC1. The molecule has 2 rings (SSSR count). The van der Waals surface area contributed by atoms with Crippen LogP contribution >= 0.6 is 0 Å². The third-order valence-electron chi connectivity index (χ3n) is 3.03. The minimum Gasteiger partial charge on any atom is -0.355 e. The lowest BCUT2D eigenvalue weighted by Gasteiger charge is -2.19. The second-order valence-corrected chi connectivity index (χ2v) is 4.20. The van der Waals surface area contributed by atoms with Gasteiger partial charge in [-0.3, -0.25) is 4.79 Å². The van der Waals surface area contributed by atoms with Crippen molar-refractivity contribution < 1.29 is 4.79 Å². The Hall–Kier alpha value is -0.610. The Morgan fingerprint density at radius 2 is 2.14 bits per heavy atom. The van der Waals surface area contributed by atoms with E-state index >= 15 is 0 Å². The summed E-state index contributed by atoms with van der Waals surface area (Å²) in [5.41, 5.74) is 0. The number of hydrogen-bond acceptors (Lipinski definition) is 3. The molecule has 0 aromatic rings. The summed E-state index contributed by atoms with van der Waals surface area (Å²) < 4.78 is 0. The van der Waals surface area contributed by atoms with Gasteiger partial charge in [0.2, 0.25) is 5.91 Å². The van der Waals surface area contributed by atoms with Gasteiger partial charge in [0, 0.05) is 19.1 Å². The quantitative estimate of drug-likeness (QED) is 0.565. The Morgan fingerprint density at radius 1 is 1.21 bits per heavy atom. The van der Waals surface area contributed by atoms with Crippen molar-refractivity contribution in [3.63, 3.8) is 0 Å². The highest BCUT2D eigenvalue weighted by Crippen LogP contribution is 2.08. The second kappa shape index (κ2) is 4.75. The fourth-order valence-corrected chi connectivity index (χ4v) is 2.18. The molecule has 0 aromatic heterocycles. The van der Waals surface area contributed by atoms with Crippen molar-refractivity contribution in [2.45, 2.75) is 37.8 Å². The molecule has 0 bridgehead atoms. The van der Waals surface area contributed by atoms with E-state index in [1.807, 2.05) is 0 Å². The van der Waals surface area contributed by atoms with Crippen molar-refractivity contribution in [3.05, 3.63) is 0 Å². The smallest absolute Gasteiger partial charge is 0.237 e. The van der Waals surface area contributed by atoms with Gasteiger partial charge in [-0.05, 0) is 32.2 Å². The Bertz CT molecular complexity index is 202. The Kier molecular flexibility index (Phi) is 3.37. The van der Waals surface area contributed by atoms with Crippen molar-refractivity contribution in [2.75, 3.05) is 19.6 Å². The van der Waals surface area contributed by atoms with E-state index in [4.69, 9.17) is 0 Å². The average molecular weight is 197 g/mol. The highest BCUT2D eigenvalue weighted by molar-refractivity contribution is 5.81. The molecule has 1 amide bonds. The summed E-state index contributed by atoms with van der Waals surface area (Å²) in [7, 11) is 0. The topological polar surface area (TPSA) is 53.2 Å². The molecule has 80 valence electrons. The molecular weight excluding hydrogens is 178 g/mol. The summed E-state index contributed by atoms with van der Waals surface area (Å²) in [6.07, 6.45) is 4.40. The van der Waals surface area contributed by atoms with Crippen LogP contribution in [-0.2, 0) is 4.79 Å². The van der Waals surface area contributed by atoms with Crippen LogP contribution in [0.3, 0.4) is 0 Å². The average Bonchev–Trinajstić information content (AvgIpc) is 2.60. The summed E-state index contributed by atoms with van der Waals surface area (Å²) in [6, 6.07) is 0.534. The van der Waals surface area contributed by atoms with Gasteiger partial charge < -0.3 is 16.0 Å². The molecule has 2 saturated heterocycles. The number of carbonyl (C=O) groups is 1. The molecule has 2 unspecified atom stereocenters. The fraction of sp³-hybridized carbons (Fsp3) is 0.900. The zero-order chi connectivity index (χ0) is 9.80. The van der Waals surface area contributed by atoms with Gasteiger partial charge in [-0.2, -0.15) is 0 Å².